The lowest BCUT2D eigenvalue weighted by Gasteiger charge is -2.24. The summed E-state index contributed by atoms with van der Waals surface area (Å²) in [6.45, 7) is 4.97. The lowest BCUT2D eigenvalue weighted by molar-refractivity contribution is -0.137. The largest absolute Gasteiger partial charge is 0.481 e. The van der Waals surface area contributed by atoms with Crippen LogP contribution in [0.15, 0.2) is 42.5 Å². The second-order valence-corrected chi connectivity index (χ2v) is 10.5. The number of nitrogens with zero attached hydrogens (tertiary/aromatic N) is 4. The molecule has 4 heterocycles. The second kappa shape index (κ2) is 11.4. The molecule has 1 aromatic carbocycles. The standard InChI is InChI=1S/C29H36FN5O2/c1-20-14-26(17-30)33-35(20)27-6-2-4-23(15-27)24(16-28(36)37)19-34-13-11-21(18-34)7-9-25-10-8-22-5-3-12-31-29(22)32-25/h2,4,6,8,10,14-15,21,24H,3,5,7,9,11-13,16-19H2,1H3,(H,31,32)(H,36,37). The lowest BCUT2D eigenvalue weighted by Crippen LogP contribution is -2.28. The highest BCUT2D eigenvalue weighted by Gasteiger charge is 2.27. The predicted octanol–water partition coefficient (Wildman–Crippen LogP) is 4.92. The number of likely N-dealkylation sites (tertiary alicyclic amines) is 1. The Balaban J connectivity index is 1.22. The van der Waals surface area contributed by atoms with Crippen LogP contribution in [-0.2, 0) is 24.3 Å². The molecule has 5 rings (SSSR count). The average molecular weight is 506 g/mol. The zero-order valence-electron chi connectivity index (χ0n) is 21.5. The minimum absolute atomic E-state index is 0.0739. The van der Waals surface area contributed by atoms with Crippen LogP contribution in [0.3, 0.4) is 0 Å². The van der Waals surface area contributed by atoms with E-state index in [1.165, 1.54) is 12.0 Å². The van der Waals surface area contributed by atoms with Gasteiger partial charge in [0.1, 0.15) is 12.5 Å². The summed E-state index contributed by atoms with van der Waals surface area (Å²) in [5.74, 6) is 0.726. The smallest absolute Gasteiger partial charge is 0.304 e. The molecule has 0 amide bonds. The van der Waals surface area contributed by atoms with E-state index in [2.05, 4.69) is 27.4 Å². The second-order valence-electron chi connectivity index (χ2n) is 10.5. The van der Waals surface area contributed by atoms with Crippen molar-refractivity contribution in [1.82, 2.24) is 19.7 Å². The van der Waals surface area contributed by atoms with Crippen LogP contribution in [0, 0.1) is 12.8 Å². The van der Waals surface area contributed by atoms with Crippen molar-refractivity contribution < 1.29 is 14.3 Å². The van der Waals surface area contributed by atoms with Gasteiger partial charge >= 0.3 is 5.97 Å². The number of pyridine rings is 1. The Labute approximate surface area is 217 Å². The molecule has 196 valence electrons. The Bertz CT molecular complexity index is 1240. The van der Waals surface area contributed by atoms with Crippen molar-refractivity contribution in [2.24, 2.45) is 5.92 Å². The zero-order valence-corrected chi connectivity index (χ0v) is 21.5. The van der Waals surface area contributed by atoms with Crippen LogP contribution in [0.4, 0.5) is 10.2 Å². The molecular weight excluding hydrogens is 469 g/mol. The highest BCUT2D eigenvalue weighted by atomic mass is 19.1. The van der Waals surface area contributed by atoms with Gasteiger partial charge in [-0.3, -0.25) is 4.79 Å². The quantitative estimate of drug-likeness (QED) is 0.407. The van der Waals surface area contributed by atoms with Gasteiger partial charge in [0.25, 0.3) is 0 Å². The maximum Gasteiger partial charge on any atom is 0.304 e. The first-order valence-corrected chi connectivity index (χ1v) is 13.4. The molecule has 2 N–H and O–H groups in total. The number of carbonyl (C=O) groups is 1. The van der Waals surface area contributed by atoms with Crippen LogP contribution in [0.2, 0.25) is 0 Å². The number of alkyl halides is 1. The first-order valence-electron chi connectivity index (χ1n) is 13.4. The van der Waals surface area contributed by atoms with E-state index in [1.54, 1.807) is 10.7 Å². The molecule has 37 heavy (non-hydrogen) atoms. The highest BCUT2D eigenvalue weighted by Crippen LogP contribution is 2.29. The number of aromatic nitrogens is 3. The van der Waals surface area contributed by atoms with E-state index < -0.39 is 12.6 Å². The van der Waals surface area contributed by atoms with Gasteiger partial charge in [0.15, 0.2) is 0 Å². The molecule has 0 saturated carbocycles. The number of carboxylic acids is 1. The molecule has 8 heteroatoms. The molecule has 2 aliphatic heterocycles. The fourth-order valence-corrected chi connectivity index (χ4v) is 5.76. The third-order valence-corrected chi connectivity index (χ3v) is 7.69. The average Bonchev–Trinajstić information content (AvgIpc) is 3.52. The number of nitrogens with one attached hydrogen (secondary N) is 1. The molecule has 3 aromatic rings. The summed E-state index contributed by atoms with van der Waals surface area (Å²) in [6, 6.07) is 14.0. The maximum absolute atomic E-state index is 13.1. The third-order valence-electron chi connectivity index (χ3n) is 7.69. The summed E-state index contributed by atoms with van der Waals surface area (Å²) in [5, 5.41) is 17.4. The van der Waals surface area contributed by atoms with Gasteiger partial charge in [-0.25, -0.2) is 14.1 Å². The Morgan fingerprint density at radius 3 is 2.95 bits per heavy atom. The summed E-state index contributed by atoms with van der Waals surface area (Å²) in [7, 11) is 0. The van der Waals surface area contributed by atoms with E-state index in [4.69, 9.17) is 4.98 Å². The monoisotopic (exact) mass is 505 g/mol. The predicted molar refractivity (Wildman–Crippen MR) is 142 cm³/mol. The third kappa shape index (κ3) is 6.18. The van der Waals surface area contributed by atoms with Crippen molar-refractivity contribution >= 4 is 11.8 Å². The molecule has 2 aliphatic rings. The normalized spacial score (nSPS) is 18.4. The molecule has 0 spiro atoms. The van der Waals surface area contributed by atoms with Gasteiger partial charge in [-0.05, 0) is 86.9 Å². The number of carboxylic acid groups (broad SMARTS) is 1. The van der Waals surface area contributed by atoms with E-state index in [1.807, 2.05) is 31.2 Å². The van der Waals surface area contributed by atoms with E-state index in [-0.39, 0.29) is 12.3 Å². The first-order chi connectivity index (χ1) is 18.0. The molecule has 1 saturated heterocycles. The molecule has 1 fully saturated rings. The fourth-order valence-electron chi connectivity index (χ4n) is 5.76. The molecule has 0 bridgehead atoms. The lowest BCUT2D eigenvalue weighted by atomic mass is 9.94. The molecule has 7 nitrogen and oxygen atoms in total. The van der Waals surface area contributed by atoms with Crippen LogP contribution in [0.5, 0.6) is 0 Å². The Morgan fingerprint density at radius 1 is 1.24 bits per heavy atom. The Kier molecular flexibility index (Phi) is 7.84. The fraction of sp³-hybridized carbons (Fsp3) is 0.483. The molecule has 2 atom stereocenters. The zero-order chi connectivity index (χ0) is 25.8. The number of aryl methyl sites for hydroxylation is 3. The van der Waals surface area contributed by atoms with Crippen LogP contribution in [0.25, 0.3) is 5.69 Å². The number of rotatable bonds is 10. The number of halogens is 1. The van der Waals surface area contributed by atoms with Crippen LogP contribution in [-0.4, -0.2) is 56.9 Å². The number of hydrogen-bond acceptors (Lipinski definition) is 5. The van der Waals surface area contributed by atoms with Gasteiger partial charge in [-0.2, -0.15) is 5.10 Å². The number of anilines is 1. The Hall–Kier alpha value is -3.26. The maximum atomic E-state index is 13.1. The Morgan fingerprint density at radius 2 is 2.14 bits per heavy atom. The van der Waals surface area contributed by atoms with Crippen molar-refractivity contribution in [3.8, 4) is 5.69 Å². The van der Waals surface area contributed by atoms with Gasteiger partial charge in [-0.15, -0.1) is 0 Å². The van der Waals surface area contributed by atoms with Crippen molar-refractivity contribution in [2.45, 2.75) is 58.0 Å². The summed E-state index contributed by atoms with van der Waals surface area (Å²) >= 11 is 0. The van der Waals surface area contributed by atoms with Gasteiger partial charge in [0.05, 0.1) is 17.8 Å². The molecule has 2 aromatic heterocycles. The van der Waals surface area contributed by atoms with E-state index in [0.717, 1.165) is 73.8 Å². The van der Waals surface area contributed by atoms with Gasteiger partial charge in [0.2, 0.25) is 0 Å². The number of fused-ring (bicyclic) bond motifs is 1. The first kappa shape index (κ1) is 25.4. The minimum Gasteiger partial charge on any atom is -0.481 e. The van der Waals surface area contributed by atoms with Crippen molar-refractivity contribution in [2.75, 3.05) is 31.5 Å². The van der Waals surface area contributed by atoms with Crippen LogP contribution >= 0.6 is 0 Å². The molecule has 2 unspecified atom stereocenters. The van der Waals surface area contributed by atoms with Crippen LogP contribution in [0.1, 0.15) is 59.8 Å². The van der Waals surface area contributed by atoms with Crippen LogP contribution < -0.4 is 5.32 Å². The van der Waals surface area contributed by atoms with Gasteiger partial charge < -0.3 is 15.3 Å². The van der Waals surface area contributed by atoms with E-state index in [0.29, 0.717) is 18.2 Å². The van der Waals surface area contributed by atoms with Gasteiger partial charge in [-0.1, -0.05) is 18.2 Å². The van der Waals surface area contributed by atoms with Crippen molar-refractivity contribution in [3.05, 3.63) is 70.7 Å². The summed E-state index contributed by atoms with van der Waals surface area (Å²) in [4.78, 5) is 19.0. The van der Waals surface area contributed by atoms with Crippen molar-refractivity contribution in [3.63, 3.8) is 0 Å². The van der Waals surface area contributed by atoms with Gasteiger partial charge in [0, 0.05) is 36.9 Å². The molecule has 0 radical (unpaired) electrons. The number of hydrogen-bond donors (Lipinski definition) is 2. The summed E-state index contributed by atoms with van der Waals surface area (Å²) in [6.07, 6.45) is 5.54. The molecule has 0 aliphatic carbocycles. The minimum atomic E-state index is -0.798. The summed E-state index contributed by atoms with van der Waals surface area (Å²) in [5.41, 5.74) is 5.53. The topological polar surface area (TPSA) is 83.3 Å². The highest BCUT2D eigenvalue weighted by molar-refractivity contribution is 5.68. The van der Waals surface area contributed by atoms with E-state index in [9.17, 15) is 14.3 Å². The molecular formula is C29H36FN5O2. The SMILES string of the molecule is Cc1cc(CF)nn1-c1cccc(C(CC(=O)O)CN2CCC(CCc3ccc4c(n3)NCCC4)C2)c1. The van der Waals surface area contributed by atoms with E-state index >= 15 is 0 Å². The van der Waals surface area contributed by atoms with Crippen molar-refractivity contribution in [1.29, 1.82) is 0 Å². The number of aliphatic carboxylic acids is 1. The summed E-state index contributed by atoms with van der Waals surface area (Å²) < 4.78 is 14.8. The number of benzene rings is 1.